The van der Waals surface area contributed by atoms with Gasteiger partial charge in [0.25, 0.3) is 0 Å². The Hall–Kier alpha value is -2.50. The number of aromatic nitrogens is 1. The molecular weight excluding hydrogens is 304 g/mol. The smallest absolute Gasteiger partial charge is 0.315 e. The van der Waals surface area contributed by atoms with Crippen molar-refractivity contribution in [1.29, 1.82) is 0 Å². The van der Waals surface area contributed by atoms with Crippen molar-refractivity contribution in [2.24, 2.45) is 0 Å². The van der Waals surface area contributed by atoms with Crippen molar-refractivity contribution < 1.29 is 9.21 Å². The van der Waals surface area contributed by atoms with Crippen molar-refractivity contribution in [2.75, 3.05) is 18.0 Å². The number of nitrogens with zero attached hydrogens (tertiary/aromatic N) is 2. The number of urea groups is 1. The van der Waals surface area contributed by atoms with Crippen LogP contribution in [-0.4, -0.2) is 24.1 Å². The normalized spacial score (nSPS) is 15.3. The van der Waals surface area contributed by atoms with E-state index in [0.29, 0.717) is 6.54 Å². The summed E-state index contributed by atoms with van der Waals surface area (Å²) in [7, 11) is 0. The zero-order valence-corrected chi connectivity index (χ0v) is 14.2. The monoisotopic (exact) mass is 328 g/mol. The molecule has 1 atom stereocenters. The fraction of sp³-hybridized carbons (Fsp3) is 0.444. The zero-order chi connectivity index (χ0) is 16.9. The van der Waals surface area contributed by atoms with Crippen molar-refractivity contribution in [3.63, 3.8) is 0 Å². The summed E-state index contributed by atoms with van der Waals surface area (Å²) in [6.07, 6.45) is 4.30. The first-order valence-corrected chi connectivity index (χ1v) is 8.42. The van der Waals surface area contributed by atoms with Gasteiger partial charge in [0, 0.05) is 25.8 Å². The highest BCUT2D eigenvalue weighted by Gasteiger charge is 2.14. The summed E-state index contributed by atoms with van der Waals surface area (Å²) in [6.45, 7) is 6.39. The van der Waals surface area contributed by atoms with Gasteiger partial charge in [0.2, 0.25) is 0 Å². The molecule has 128 valence electrons. The van der Waals surface area contributed by atoms with Crippen molar-refractivity contribution in [3.8, 4) is 0 Å². The topological polar surface area (TPSA) is 70.4 Å². The molecule has 1 aliphatic rings. The Bertz CT molecular complexity index is 675. The lowest BCUT2D eigenvalue weighted by Crippen LogP contribution is -2.36. The standard InChI is InChI=1S/C18H24N4O2/c1-13-5-7-16(24-13)14(2)21-18(23)20-12-15-6-8-17(19-11-15)22-9-3-4-10-22/h5-8,11,14H,3-4,9-10,12H2,1-2H3,(H2,20,21,23)/t14-/m0/s1. The van der Waals surface area contributed by atoms with Gasteiger partial charge in [-0.15, -0.1) is 0 Å². The Kier molecular flexibility index (Phi) is 5.03. The maximum atomic E-state index is 12.0. The summed E-state index contributed by atoms with van der Waals surface area (Å²) in [5.41, 5.74) is 0.981. The summed E-state index contributed by atoms with van der Waals surface area (Å²) in [5.74, 6) is 2.60. The molecule has 0 bridgehead atoms. The molecule has 0 aromatic carbocycles. The van der Waals surface area contributed by atoms with Gasteiger partial charge in [-0.25, -0.2) is 9.78 Å². The predicted octanol–water partition coefficient (Wildman–Crippen LogP) is 3.14. The zero-order valence-electron chi connectivity index (χ0n) is 14.2. The third-order valence-corrected chi connectivity index (χ3v) is 4.23. The average Bonchev–Trinajstić information content (AvgIpc) is 3.25. The van der Waals surface area contributed by atoms with Gasteiger partial charge in [0.05, 0.1) is 6.04 Å². The predicted molar refractivity (Wildman–Crippen MR) is 92.9 cm³/mol. The number of amides is 2. The van der Waals surface area contributed by atoms with Crippen LogP contribution < -0.4 is 15.5 Å². The van der Waals surface area contributed by atoms with Crippen molar-refractivity contribution >= 4 is 11.8 Å². The van der Waals surface area contributed by atoms with Crippen molar-refractivity contribution in [3.05, 3.63) is 47.5 Å². The SMILES string of the molecule is Cc1ccc([C@H](C)NC(=O)NCc2ccc(N3CCCC3)nc2)o1. The molecule has 6 heteroatoms. The number of aryl methyl sites for hydroxylation is 1. The molecule has 1 saturated heterocycles. The molecule has 3 rings (SSSR count). The third-order valence-electron chi connectivity index (χ3n) is 4.23. The van der Waals surface area contributed by atoms with Gasteiger partial charge in [0.15, 0.2) is 0 Å². The molecule has 1 aliphatic heterocycles. The van der Waals surface area contributed by atoms with Crippen LogP contribution in [0, 0.1) is 6.92 Å². The highest BCUT2D eigenvalue weighted by Crippen LogP contribution is 2.18. The van der Waals surface area contributed by atoms with Crippen LogP contribution in [0.4, 0.5) is 10.6 Å². The van der Waals surface area contributed by atoms with Crippen LogP contribution in [0.5, 0.6) is 0 Å². The maximum absolute atomic E-state index is 12.0. The van der Waals surface area contributed by atoms with E-state index in [4.69, 9.17) is 4.42 Å². The van der Waals surface area contributed by atoms with Gasteiger partial charge in [-0.2, -0.15) is 0 Å². The summed E-state index contributed by atoms with van der Waals surface area (Å²) >= 11 is 0. The van der Waals surface area contributed by atoms with E-state index in [0.717, 1.165) is 36.0 Å². The third kappa shape index (κ3) is 4.07. The second-order valence-corrected chi connectivity index (χ2v) is 6.22. The molecular formula is C18H24N4O2. The Morgan fingerprint density at radius 1 is 1.29 bits per heavy atom. The molecule has 0 aliphatic carbocycles. The second kappa shape index (κ2) is 7.38. The van der Waals surface area contributed by atoms with E-state index in [1.165, 1.54) is 12.8 Å². The molecule has 1 fully saturated rings. The van der Waals surface area contributed by atoms with Crippen LogP contribution in [-0.2, 0) is 6.54 Å². The number of nitrogens with one attached hydrogen (secondary N) is 2. The summed E-state index contributed by atoms with van der Waals surface area (Å²) in [5, 5.41) is 5.71. The number of furan rings is 1. The Balaban J connectivity index is 1.47. The summed E-state index contributed by atoms with van der Waals surface area (Å²) < 4.78 is 5.51. The fourth-order valence-electron chi connectivity index (χ4n) is 2.84. The Morgan fingerprint density at radius 2 is 2.08 bits per heavy atom. The highest BCUT2D eigenvalue weighted by atomic mass is 16.3. The van der Waals surface area contributed by atoms with Crippen molar-refractivity contribution in [2.45, 2.75) is 39.3 Å². The minimum atomic E-state index is -0.222. The highest BCUT2D eigenvalue weighted by molar-refractivity contribution is 5.74. The van der Waals surface area contributed by atoms with Gasteiger partial charge in [-0.05, 0) is 50.5 Å². The van der Waals surface area contributed by atoms with E-state index in [1.807, 2.05) is 44.3 Å². The molecule has 6 nitrogen and oxygen atoms in total. The van der Waals surface area contributed by atoms with Crippen LogP contribution in [0.3, 0.4) is 0 Å². The van der Waals surface area contributed by atoms with Gasteiger partial charge >= 0.3 is 6.03 Å². The molecule has 0 radical (unpaired) electrons. The van der Waals surface area contributed by atoms with E-state index in [2.05, 4.69) is 20.5 Å². The largest absolute Gasteiger partial charge is 0.464 e. The summed E-state index contributed by atoms with van der Waals surface area (Å²) in [4.78, 5) is 18.8. The first kappa shape index (κ1) is 16.4. The van der Waals surface area contributed by atoms with Crippen LogP contribution in [0.1, 0.15) is 42.9 Å². The van der Waals surface area contributed by atoms with E-state index in [9.17, 15) is 4.79 Å². The van der Waals surface area contributed by atoms with E-state index in [-0.39, 0.29) is 12.1 Å². The van der Waals surface area contributed by atoms with E-state index < -0.39 is 0 Å². The quantitative estimate of drug-likeness (QED) is 0.884. The lowest BCUT2D eigenvalue weighted by Gasteiger charge is -2.16. The van der Waals surface area contributed by atoms with Crippen molar-refractivity contribution in [1.82, 2.24) is 15.6 Å². The second-order valence-electron chi connectivity index (χ2n) is 6.22. The minimum absolute atomic E-state index is 0.172. The number of carbonyl (C=O) groups excluding carboxylic acids is 1. The number of hydrogen-bond donors (Lipinski definition) is 2. The first-order chi connectivity index (χ1) is 11.6. The molecule has 2 N–H and O–H groups in total. The minimum Gasteiger partial charge on any atom is -0.464 e. The van der Waals surface area contributed by atoms with Gasteiger partial charge in [-0.1, -0.05) is 6.07 Å². The number of carbonyl (C=O) groups is 1. The number of anilines is 1. The van der Waals surface area contributed by atoms with Gasteiger partial charge in [0.1, 0.15) is 17.3 Å². The number of pyridine rings is 1. The Labute approximate surface area is 142 Å². The van der Waals surface area contributed by atoms with E-state index >= 15 is 0 Å². The lowest BCUT2D eigenvalue weighted by atomic mass is 10.2. The number of rotatable bonds is 5. The average molecular weight is 328 g/mol. The lowest BCUT2D eigenvalue weighted by molar-refractivity contribution is 0.235. The Morgan fingerprint density at radius 3 is 2.71 bits per heavy atom. The number of hydrogen-bond acceptors (Lipinski definition) is 4. The van der Waals surface area contributed by atoms with Gasteiger partial charge in [-0.3, -0.25) is 0 Å². The van der Waals surface area contributed by atoms with Crippen LogP contribution in [0.2, 0.25) is 0 Å². The molecule has 3 heterocycles. The molecule has 0 saturated carbocycles. The fourth-order valence-corrected chi connectivity index (χ4v) is 2.84. The molecule has 2 aromatic rings. The molecule has 0 spiro atoms. The van der Waals surface area contributed by atoms with Crippen LogP contribution in [0.15, 0.2) is 34.9 Å². The van der Waals surface area contributed by atoms with E-state index in [1.54, 1.807) is 0 Å². The maximum Gasteiger partial charge on any atom is 0.315 e. The first-order valence-electron chi connectivity index (χ1n) is 8.42. The molecule has 2 aromatic heterocycles. The van der Waals surface area contributed by atoms with Gasteiger partial charge < -0.3 is 20.0 Å². The van der Waals surface area contributed by atoms with Crippen LogP contribution in [0.25, 0.3) is 0 Å². The van der Waals surface area contributed by atoms with Crippen LogP contribution >= 0.6 is 0 Å². The molecule has 2 amide bonds. The molecule has 0 unspecified atom stereocenters. The summed E-state index contributed by atoms with van der Waals surface area (Å²) in [6, 6.07) is 7.41. The molecule has 24 heavy (non-hydrogen) atoms.